The molecule has 0 bridgehead atoms. The first kappa shape index (κ1) is 11.7. The molecule has 0 atom stereocenters. The molecule has 0 aromatic carbocycles. The Morgan fingerprint density at radius 1 is 1.17 bits per heavy atom. The van der Waals surface area contributed by atoms with Crippen LogP contribution < -0.4 is 0 Å². The van der Waals surface area contributed by atoms with Crippen LogP contribution in [0, 0.1) is 5.41 Å². The Bertz CT molecular complexity index is 125. The van der Waals surface area contributed by atoms with Crippen LogP contribution in [0.15, 0.2) is 0 Å². The van der Waals surface area contributed by atoms with Gasteiger partial charge in [0.2, 0.25) is 6.43 Å². The van der Waals surface area contributed by atoms with Crippen LogP contribution >= 0.6 is 0 Å². The molecular formula is C7H12F4O. The lowest BCUT2D eigenvalue weighted by molar-refractivity contribution is -0.139. The molecule has 0 amide bonds. The lowest BCUT2D eigenvalue weighted by atomic mass is 9.90. The second kappa shape index (κ2) is 4.64. The molecule has 74 valence electrons. The molecule has 0 saturated carbocycles. The number of hydrogen-bond acceptors (Lipinski definition) is 1. The van der Waals surface area contributed by atoms with Crippen molar-refractivity contribution in [3.05, 3.63) is 0 Å². The molecule has 1 nitrogen and oxygen atoms in total. The SMILES string of the molecule is CC(C)(CCOC(F)F)C(F)F. The van der Waals surface area contributed by atoms with Crippen molar-refractivity contribution in [1.82, 2.24) is 0 Å². The van der Waals surface area contributed by atoms with E-state index in [-0.39, 0.29) is 13.0 Å². The molecule has 0 aromatic rings. The highest BCUT2D eigenvalue weighted by Gasteiger charge is 2.29. The molecule has 0 radical (unpaired) electrons. The van der Waals surface area contributed by atoms with Gasteiger partial charge in [-0.05, 0) is 6.42 Å². The molecule has 0 unspecified atom stereocenters. The summed E-state index contributed by atoms with van der Waals surface area (Å²) in [6, 6.07) is 0. The van der Waals surface area contributed by atoms with Gasteiger partial charge in [-0.1, -0.05) is 13.8 Å². The molecule has 12 heavy (non-hydrogen) atoms. The Balaban J connectivity index is 3.61. The normalized spacial score (nSPS) is 13.0. The highest BCUT2D eigenvalue weighted by atomic mass is 19.3. The largest absolute Gasteiger partial charge is 0.345 e. The van der Waals surface area contributed by atoms with Crippen molar-refractivity contribution in [2.75, 3.05) is 6.61 Å². The predicted octanol–water partition coefficient (Wildman–Crippen LogP) is 2.91. The maximum absolute atomic E-state index is 12.1. The Morgan fingerprint density at radius 3 is 2.00 bits per heavy atom. The van der Waals surface area contributed by atoms with Crippen molar-refractivity contribution in [2.45, 2.75) is 33.3 Å². The summed E-state index contributed by atoms with van der Waals surface area (Å²) in [5.74, 6) is 0. The van der Waals surface area contributed by atoms with E-state index in [0.717, 1.165) is 0 Å². The summed E-state index contributed by atoms with van der Waals surface area (Å²) in [5, 5.41) is 0. The first-order valence-corrected chi connectivity index (χ1v) is 3.54. The van der Waals surface area contributed by atoms with Gasteiger partial charge in [0.1, 0.15) is 0 Å². The summed E-state index contributed by atoms with van der Waals surface area (Å²) in [6.45, 7) is -0.591. The first-order chi connectivity index (χ1) is 5.36. The molecule has 0 rings (SSSR count). The highest BCUT2D eigenvalue weighted by molar-refractivity contribution is 4.70. The summed E-state index contributed by atoms with van der Waals surface area (Å²) >= 11 is 0. The fourth-order valence-electron chi connectivity index (χ4n) is 0.520. The van der Waals surface area contributed by atoms with Gasteiger partial charge >= 0.3 is 6.61 Å². The molecule has 5 heteroatoms. The van der Waals surface area contributed by atoms with Crippen molar-refractivity contribution < 1.29 is 22.3 Å². The van der Waals surface area contributed by atoms with E-state index < -0.39 is 18.5 Å². The number of ether oxygens (including phenoxy) is 1. The fourth-order valence-corrected chi connectivity index (χ4v) is 0.520. The van der Waals surface area contributed by atoms with E-state index in [0.29, 0.717) is 0 Å². The Labute approximate surface area is 68.7 Å². The standard InChI is InChI=1S/C7H12F4O/c1-7(2,5(8)9)3-4-12-6(10)11/h5-6H,3-4H2,1-2H3. The van der Waals surface area contributed by atoms with E-state index in [1.165, 1.54) is 13.8 Å². The van der Waals surface area contributed by atoms with Crippen LogP contribution in [0.5, 0.6) is 0 Å². The molecule has 0 saturated heterocycles. The first-order valence-electron chi connectivity index (χ1n) is 3.54. The fraction of sp³-hybridized carbons (Fsp3) is 1.00. The highest BCUT2D eigenvalue weighted by Crippen LogP contribution is 2.28. The van der Waals surface area contributed by atoms with Crippen LogP contribution in [0.25, 0.3) is 0 Å². The van der Waals surface area contributed by atoms with Gasteiger partial charge in [0, 0.05) is 5.41 Å². The van der Waals surface area contributed by atoms with Gasteiger partial charge in [-0.15, -0.1) is 0 Å². The number of hydrogen-bond donors (Lipinski definition) is 0. The number of alkyl halides is 4. The summed E-state index contributed by atoms with van der Waals surface area (Å²) in [4.78, 5) is 0. The van der Waals surface area contributed by atoms with E-state index in [1.54, 1.807) is 0 Å². The van der Waals surface area contributed by atoms with Crippen LogP contribution in [-0.2, 0) is 4.74 Å². The smallest absolute Gasteiger partial charge is 0.323 e. The molecule has 0 N–H and O–H groups in total. The summed E-state index contributed by atoms with van der Waals surface area (Å²) < 4.78 is 50.9. The maximum atomic E-state index is 12.1. The summed E-state index contributed by atoms with van der Waals surface area (Å²) in [6.07, 6.45) is -2.59. The van der Waals surface area contributed by atoms with Gasteiger partial charge in [0.15, 0.2) is 0 Å². The lowest BCUT2D eigenvalue weighted by Crippen LogP contribution is -2.24. The maximum Gasteiger partial charge on any atom is 0.345 e. The van der Waals surface area contributed by atoms with Crippen molar-refractivity contribution >= 4 is 0 Å². The molecule has 0 aliphatic heterocycles. The predicted molar refractivity (Wildman–Crippen MR) is 36.4 cm³/mol. The monoisotopic (exact) mass is 188 g/mol. The Morgan fingerprint density at radius 2 is 1.67 bits per heavy atom. The minimum Gasteiger partial charge on any atom is -0.323 e. The van der Waals surface area contributed by atoms with E-state index in [4.69, 9.17) is 0 Å². The average molecular weight is 188 g/mol. The molecule has 0 aliphatic carbocycles. The van der Waals surface area contributed by atoms with Crippen LogP contribution in [-0.4, -0.2) is 19.6 Å². The van der Waals surface area contributed by atoms with Crippen LogP contribution in [0.2, 0.25) is 0 Å². The molecular weight excluding hydrogens is 176 g/mol. The molecule has 0 spiro atoms. The average Bonchev–Trinajstić information content (AvgIpc) is 1.85. The van der Waals surface area contributed by atoms with Crippen molar-refractivity contribution in [2.24, 2.45) is 5.41 Å². The zero-order chi connectivity index (χ0) is 9.78. The third kappa shape index (κ3) is 4.54. The topological polar surface area (TPSA) is 9.23 Å². The van der Waals surface area contributed by atoms with Gasteiger partial charge < -0.3 is 4.74 Å². The minimum absolute atomic E-state index is 0.0744. The van der Waals surface area contributed by atoms with Crippen molar-refractivity contribution in [1.29, 1.82) is 0 Å². The number of halogens is 4. The summed E-state index contributed by atoms with van der Waals surface area (Å²) in [7, 11) is 0. The second-order valence-electron chi connectivity index (χ2n) is 3.17. The Kier molecular flexibility index (Phi) is 4.52. The quantitative estimate of drug-likeness (QED) is 0.603. The lowest BCUT2D eigenvalue weighted by Gasteiger charge is -2.22. The zero-order valence-corrected chi connectivity index (χ0v) is 6.99. The van der Waals surface area contributed by atoms with E-state index >= 15 is 0 Å². The third-order valence-electron chi connectivity index (χ3n) is 1.58. The molecule has 0 heterocycles. The zero-order valence-electron chi connectivity index (χ0n) is 6.99. The van der Waals surface area contributed by atoms with E-state index in [1.807, 2.05) is 0 Å². The Hall–Kier alpha value is -0.320. The summed E-state index contributed by atoms with van der Waals surface area (Å²) in [5.41, 5.74) is -1.26. The van der Waals surface area contributed by atoms with Gasteiger partial charge in [-0.3, -0.25) is 0 Å². The number of rotatable bonds is 5. The van der Waals surface area contributed by atoms with E-state index in [2.05, 4.69) is 4.74 Å². The second-order valence-corrected chi connectivity index (χ2v) is 3.17. The van der Waals surface area contributed by atoms with Crippen LogP contribution in [0.4, 0.5) is 17.6 Å². The molecule has 0 fully saturated rings. The van der Waals surface area contributed by atoms with Crippen molar-refractivity contribution in [3.63, 3.8) is 0 Å². The molecule has 0 aromatic heterocycles. The van der Waals surface area contributed by atoms with Gasteiger partial charge in [-0.2, -0.15) is 8.78 Å². The van der Waals surface area contributed by atoms with Crippen LogP contribution in [0.1, 0.15) is 20.3 Å². The van der Waals surface area contributed by atoms with Gasteiger partial charge in [0.25, 0.3) is 0 Å². The van der Waals surface area contributed by atoms with E-state index in [9.17, 15) is 17.6 Å². The molecule has 0 aliphatic rings. The van der Waals surface area contributed by atoms with Gasteiger partial charge in [0.05, 0.1) is 6.61 Å². The van der Waals surface area contributed by atoms with Crippen LogP contribution in [0.3, 0.4) is 0 Å². The third-order valence-corrected chi connectivity index (χ3v) is 1.58. The minimum atomic E-state index is -2.88. The van der Waals surface area contributed by atoms with Gasteiger partial charge in [-0.25, -0.2) is 8.78 Å². The van der Waals surface area contributed by atoms with Crippen molar-refractivity contribution in [3.8, 4) is 0 Å².